The summed E-state index contributed by atoms with van der Waals surface area (Å²) in [5.74, 6) is -0.795. The van der Waals surface area contributed by atoms with Crippen LogP contribution < -0.4 is 11.2 Å². The van der Waals surface area contributed by atoms with E-state index in [0.717, 1.165) is 0 Å². The van der Waals surface area contributed by atoms with Gasteiger partial charge in [0.15, 0.2) is 0 Å². The van der Waals surface area contributed by atoms with Crippen LogP contribution in [-0.2, 0) is 16.1 Å². The molecule has 0 fully saturated rings. The Morgan fingerprint density at radius 3 is 2.88 bits per heavy atom. The van der Waals surface area contributed by atoms with Crippen molar-refractivity contribution in [3.63, 3.8) is 0 Å². The molecule has 1 atom stereocenters. The molecule has 0 aromatic heterocycles. The molecule has 1 aromatic carbocycles. The summed E-state index contributed by atoms with van der Waals surface area (Å²) in [6.07, 6.45) is 0.478. The minimum Gasteiger partial charge on any atom is -0.368 e. The van der Waals surface area contributed by atoms with Crippen molar-refractivity contribution in [1.82, 2.24) is 5.48 Å². The number of carbonyl (C=O) groups is 1. The first-order valence-corrected chi connectivity index (χ1v) is 4.98. The number of primary amides is 1. The maximum atomic E-state index is 13.3. The van der Waals surface area contributed by atoms with Gasteiger partial charge in [0.2, 0.25) is 5.91 Å². The molecule has 3 N–H and O–H groups in total. The number of rotatable bonds is 6. The van der Waals surface area contributed by atoms with Crippen molar-refractivity contribution in [2.45, 2.75) is 19.4 Å². The fourth-order valence-corrected chi connectivity index (χ4v) is 1.29. The van der Waals surface area contributed by atoms with E-state index in [4.69, 9.17) is 10.6 Å². The summed E-state index contributed by atoms with van der Waals surface area (Å²) in [5.41, 5.74) is 8.12. The number of hydrogen-bond acceptors (Lipinski definition) is 3. The van der Waals surface area contributed by atoms with E-state index < -0.39 is 5.91 Å². The van der Waals surface area contributed by atoms with Gasteiger partial charge in [-0.05, 0) is 25.0 Å². The molecule has 88 valence electrons. The molecular weight excluding hydrogens is 211 g/mol. The van der Waals surface area contributed by atoms with Crippen molar-refractivity contribution in [3.05, 3.63) is 35.6 Å². The van der Waals surface area contributed by atoms with E-state index >= 15 is 0 Å². The SMILES string of the molecule is CC(Cc1ccccc1F)NOCC(N)=O. The first-order chi connectivity index (χ1) is 7.59. The second-order valence-electron chi connectivity index (χ2n) is 3.57. The molecule has 1 rings (SSSR count). The monoisotopic (exact) mass is 226 g/mol. The van der Waals surface area contributed by atoms with Crippen molar-refractivity contribution >= 4 is 5.91 Å². The van der Waals surface area contributed by atoms with Crippen LogP contribution in [0, 0.1) is 5.82 Å². The van der Waals surface area contributed by atoms with Gasteiger partial charge < -0.3 is 5.73 Å². The first kappa shape index (κ1) is 12.6. The predicted molar refractivity (Wildman–Crippen MR) is 57.8 cm³/mol. The maximum absolute atomic E-state index is 13.3. The van der Waals surface area contributed by atoms with E-state index in [2.05, 4.69) is 5.48 Å². The Morgan fingerprint density at radius 2 is 2.25 bits per heavy atom. The molecule has 0 heterocycles. The van der Waals surface area contributed by atoms with Crippen LogP contribution in [0.3, 0.4) is 0 Å². The van der Waals surface area contributed by atoms with Gasteiger partial charge in [0.05, 0.1) is 0 Å². The van der Waals surface area contributed by atoms with Crippen LogP contribution in [0.2, 0.25) is 0 Å². The zero-order valence-electron chi connectivity index (χ0n) is 9.07. The van der Waals surface area contributed by atoms with Gasteiger partial charge in [-0.25, -0.2) is 4.39 Å². The molecule has 1 aromatic rings. The molecular formula is C11H15FN2O2. The molecule has 0 spiro atoms. The standard InChI is InChI=1S/C11H15FN2O2/c1-8(14-16-7-11(13)15)6-9-4-2-3-5-10(9)12/h2-5,8,14H,6-7H2,1H3,(H2,13,15). The Morgan fingerprint density at radius 1 is 1.56 bits per heavy atom. The van der Waals surface area contributed by atoms with E-state index in [1.165, 1.54) is 6.07 Å². The van der Waals surface area contributed by atoms with Crippen molar-refractivity contribution in [1.29, 1.82) is 0 Å². The molecule has 4 nitrogen and oxygen atoms in total. The zero-order chi connectivity index (χ0) is 12.0. The van der Waals surface area contributed by atoms with E-state index in [-0.39, 0.29) is 18.5 Å². The summed E-state index contributed by atoms with van der Waals surface area (Å²) in [6, 6.07) is 6.43. The van der Waals surface area contributed by atoms with E-state index in [9.17, 15) is 9.18 Å². The second-order valence-corrected chi connectivity index (χ2v) is 3.57. The molecule has 0 saturated heterocycles. The van der Waals surface area contributed by atoms with E-state index in [1.54, 1.807) is 18.2 Å². The molecule has 0 bridgehead atoms. The summed E-state index contributed by atoms with van der Waals surface area (Å²) >= 11 is 0. The number of nitrogens with one attached hydrogen (secondary N) is 1. The molecule has 0 aliphatic carbocycles. The van der Waals surface area contributed by atoms with Crippen molar-refractivity contribution in [3.8, 4) is 0 Å². The van der Waals surface area contributed by atoms with Crippen LogP contribution in [0.1, 0.15) is 12.5 Å². The lowest BCUT2D eigenvalue weighted by molar-refractivity contribution is -0.125. The Labute approximate surface area is 93.5 Å². The third kappa shape index (κ3) is 4.37. The molecule has 16 heavy (non-hydrogen) atoms. The Hall–Kier alpha value is -1.46. The Kier molecular flexibility index (Phi) is 4.88. The van der Waals surface area contributed by atoms with Crippen molar-refractivity contribution in [2.24, 2.45) is 5.73 Å². The number of carbonyl (C=O) groups excluding carboxylic acids is 1. The molecule has 0 aliphatic heterocycles. The third-order valence-corrected chi connectivity index (χ3v) is 1.98. The molecule has 1 amide bonds. The lowest BCUT2D eigenvalue weighted by Gasteiger charge is -2.13. The van der Waals surface area contributed by atoms with Crippen LogP contribution in [-0.4, -0.2) is 18.6 Å². The third-order valence-electron chi connectivity index (χ3n) is 1.98. The molecule has 0 aliphatic rings. The lowest BCUT2D eigenvalue weighted by Crippen LogP contribution is -2.32. The predicted octanol–water partition coefficient (Wildman–Crippen LogP) is 0.763. The van der Waals surface area contributed by atoms with Crippen LogP contribution in [0.5, 0.6) is 0 Å². The summed E-state index contributed by atoms with van der Waals surface area (Å²) in [6.45, 7) is 1.63. The van der Waals surface area contributed by atoms with Gasteiger partial charge >= 0.3 is 0 Å². The molecule has 1 unspecified atom stereocenters. The first-order valence-electron chi connectivity index (χ1n) is 4.98. The topological polar surface area (TPSA) is 64.3 Å². The average molecular weight is 226 g/mol. The summed E-state index contributed by atoms with van der Waals surface area (Å²) in [5, 5.41) is 0. The largest absolute Gasteiger partial charge is 0.368 e. The van der Waals surface area contributed by atoms with Crippen LogP contribution in [0.25, 0.3) is 0 Å². The smallest absolute Gasteiger partial charge is 0.245 e. The minimum atomic E-state index is -0.550. The molecule has 0 saturated carbocycles. The summed E-state index contributed by atoms with van der Waals surface area (Å²) in [7, 11) is 0. The number of benzene rings is 1. The Balaban J connectivity index is 2.37. The number of amides is 1. The number of hydroxylamine groups is 1. The van der Waals surface area contributed by atoms with Gasteiger partial charge in [0.1, 0.15) is 12.4 Å². The van der Waals surface area contributed by atoms with Crippen LogP contribution >= 0.6 is 0 Å². The van der Waals surface area contributed by atoms with Gasteiger partial charge in [-0.15, -0.1) is 0 Å². The average Bonchev–Trinajstić information content (AvgIpc) is 2.21. The van der Waals surface area contributed by atoms with Gasteiger partial charge in [0.25, 0.3) is 0 Å². The highest BCUT2D eigenvalue weighted by Gasteiger charge is 2.07. The van der Waals surface area contributed by atoms with Gasteiger partial charge in [0, 0.05) is 6.04 Å². The lowest BCUT2D eigenvalue weighted by atomic mass is 10.1. The number of halogens is 1. The number of nitrogens with two attached hydrogens (primary N) is 1. The zero-order valence-corrected chi connectivity index (χ0v) is 9.07. The fourth-order valence-electron chi connectivity index (χ4n) is 1.29. The summed E-state index contributed by atoms with van der Waals surface area (Å²) < 4.78 is 13.3. The van der Waals surface area contributed by atoms with Gasteiger partial charge in [-0.3, -0.25) is 9.63 Å². The highest BCUT2D eigenvalue weighted by molar-refractivity contribution is 5.74. The quantitative estimate of drug-likeness (QED) is 0.704. The van der Waals surface area contributed by atoms with Crippen molar-refractivity contribution in [2.75, 3.05) is 6.61 Å². The van der Waals surface area contributed by atoms with Crippen LogP contribution in [0.4, 0.5) is 4.39 Å². The van der Waals surface area contributed by atoms with E-state index in [1.807, 2.05) is 6.92 Å². The highest BCUT2D eigenvalue weighted by atomic mass is 19.1. The van der Waals surface area contributed by atoms with E-state index in [0.29, 0.717) is 12.0 Å². The highest BCUT2D eigenvalue weighted by Crippen LogP contribution is 2.08. The second kappa shape index (κ2) is 6.19. The maximum Gasteiger partial charge on any atom is 0.245 e. The van der Waals surface area contributed by atoms with Gasteiger partial charge in [-0.2, -0.15) is 5.48 Å². The van der Waals surface area contributed by atoms with Crippen LogP contribution in [0.15, 0.2) is 24.3 Å². The normalized spacial score (nSPS) is 12.4. The Bertz CT molecular complexity index is 358. The molecule has 0 radical (unpaired) electrons. The van der Waals surface area contributed by atoms with Gasteiger partial charge in [-0.1, -0.05) is 18.2 Å². The number of hydrogen-bond donors (Lipinski definition) is 2. The van der Waals surface area contributed by atoms with Crippen molar-refractivity contribution < 1.29 is 14.0 Å². The fraction of sp³-hybridized carbons (Fsp3) is 0.364. The minimum absolute atomic E-state index is 0.101. The summed E-state index contributed by atoms with van der Waals surface area (Å²) in [4.78, 5) is 15.2. The molecule has 5 heteroatoms.